The number of nitrogens with zero attached hydrogens (tertiary/aromatic N) is 4. The molecule has 1 atom stereocenters. The number of nitrogens with one attached hydrogen (secondary N) is 1. The van der Waals surface area contributed by atoms with Crippen LogP contribution in [0.25, 0.3) is 11.4 Å². The molecule has 6 nitrogen and oxygen atoms in total. The quantitative estimate of drug-likeness (QED) is 0.683. The van der Waals surface area contributed by atoms with Crippen LogP contribution in [0, 0.1) is 17.1 Å². The molecule has 0 fully saturated rings. The summed E-state index contributed by atoms with van der Waals surface area (Å²) in [5.74, 6) is 0.0644. The molecular formula is C19H16FN5OS. The van der Waals surface area contributed by atoms with Gasteiger partial charge in [0.2, 0.25) is 5.91 Å². The van der Waals surface area contributed by atoms with E-state index in [9.17, 15) is 9.18 Å². The van der Waals surface area contributed by atoms with Crippen LogP contribution in [0.5, 0.6) is 0 Å². The van der Waals surface area contributed by atoms with E-state index in [1.165, 1.54) is 23.9 Å². The second-order valence-corrected chi connectivity index (χ2v) is 7.12. The summed E-state index contributed by atoms with van der Waals surface area (Å²) in [5.41, 5.74) is 1.78. The lowest BCUT2D eigenvalue weighted by molar-refractivity contribution is -0.115. The molecule has 8 heteroatoms. The fourth-order valence-corrected chi connectivity index (χ4v) is 3.20. The molecule has 3 aromatic rings. The van der Waals surface area contributed by atoms with Crippen molar-refractivity contribution in [1.82, 2.24) is 14.8 Å². The molecule has 1 amide bonds. The van der Waals surface area contributed by atoms with Crippen molar-refractivity contribution >= 4 is 23.4 Å². The van der Waals surface area contributed by atoms with Crippen molar-refractivity contribution in [2.24, 2.45) is 7.05 Å². The Bertz CT molecular complexity index is 1010. The number of carbonyl (C=O) groups excluding carboxylic acids is 1. The van der Waals surface area contributed by atoms with Crippen LogP contribution in [-0.2, 0) is 11.8 Å². The minimum atomic E-state index is -0.431. The lowest BCUT2D eigenvalue weighted by Crippen LogP contribution is -2.22. The van der Waals surface area contributed by atoms with Crippen LogP contribution in [0.1, 0.15) is 12.5 Å². The van der Waals surface area contributed by atoms with Crippen molar-refractivity contribution in [3.63, 3.8) is 0 Å². The highest BCUT2D eigenvalue weighted by Gasteiger charge is 2.19. The Hall–Kier alpha value is -3.18. The van der Waals surface area contributed by atoms with Crippen molar-refractivity contribution in [2.45, 2.75) is 17.3 Å². The highest BCUT2D eigenvalue weighted by Crippen LogP contribution is 2.26. The highest BCUT2D eigenvalue weighted by molar-refractivity contribution is 8.00. The summed E-state index contributed by atoms with van der Waals surface area (Å²) in [6, 6.07) is 14.8. The van der Waals surface area contributed by atoms with Gasteiger partial charge in [0.05, 0.1) is 16.9 Å². The van der Waals surface area contributed by atoms with Crippen molar-refractivity contribution in [3.8, 4) is 17.5 Å². The largest absolute Gasteiger partial charge is 0.325 e. The minimum absolute atomic E-state index is 0.207. The number of halogens is 1. The average Bonchev–Trinajstić information content (AvgIpc) is 3.03. The molecule has 3 rings (SSSR count). The molecule has 27 heavy (non-hydrogen) atoms. The monoisotopic (exact) mass is 381 g/mol. The SMILES string of the molecule is C[C@H](Sc1nnc(-c2ccc(F)cc2)n1C)C(=O)Nc1cccc(C#N)c1. The van der Waals surface area contributed by atoms with Gasteiger partial charge in [-0.3, -0.25) is 4.79 Å². The summed E-state index contributed by atoms with van der Waals surface area (Å²) in [5, 5.41) is 20.1. The van der Waals surface area contributed by atoms with Crippen LogP contribution in [0.3, 0.4) is 0 Å². The van der Waals surface area contributed by atoms with Crippen molar-refractivity contribution in [1.29, 1.82) is 5.26 Å². The Labute approximate surface area is 160 Å². The number of nitriles is 1. The van der Waals surface area contributed by atoms with E-state index in [4.69, 9.17) is 5.26 Å². The zero-order valence-corrected chi connectivity index (χ0v) is 15.5. The van der Waals surface area contributed by atoms with Gasteiger partial charge >= 0.3 is 0 Å². The van der Waals surface area contributed by atoms with E-state index in [2.05, 4.69) is 15.5 Å². The van der Waals surface area contributed by atoms with Crippen LogP contribution in [0.2, 0.25) is 0 Å². The minimum Gasteiger partial charge on any atom is -0.325 e. The Morgan fingerprint density at radius 1 is 1.26 bits per heavy atom. The number of carbonyl (C=O) groups is 1. The van der Waals surface area contributed by atoms with E-state index in [-0.39, 0.29) is 11.7 Å². The van der Waals surface area contributed by atoms with E-state index in [1.807, 2.05) is 6.07 Å². The van der Waals surface area contributed by atoms with E-state index in [0.29, 0.717) is 22.2 Å². The molecule has 0 unspecified atom stereocenters. The summed E-state index contributed by atoms with van der Waals surface area (Å²) < 4.78 is 14.8. The zero-order chi connectivity index (χ0) is 19.4. The van der Waals surface area contributed by atoms with E-state index in [0.717, 1.165) is 5.56 Å². The first-order chi connectivity index (χ1) is 13.0. The average molecular weight is 381 g/mol. The molecule has 2 aromatic carbocycles. The fraction of sp³-hybridized carbons (Fsp3) is 0.158. The summed E-state index contributed by atoms with van der Waals surface area (Å²) in [6.45, 7) is 1.76. The molecule has 1 heterocycles. The second-order valence-electron chi connectivity index (χ2n) is 5.81. The van der Waals surface area contributed by atoms with Gasteiger partial charge in [0.25, 0.3) is 0 Å². The standard InChI is InChI=1S/C19H16FN5OS/c1-12(18(26)22-16-5-3-4-13(10-16)11-21)27-19-24-23-17(25(19)2)14-6-8-15(20)9-7-14/h3-10,12H,1-2H3,(H,22,26)/t12-/m0/s1. The molecule has 0 aliphatic rings. The number of aromatic nitrogens is 3. The lowest BCUT2D eigenvalue weighted by Gasteiger charge is -2.12. The van der Waals surface area contributed by atoms with Crippen molar-refractivity contribution in [2.75, 3.05) is 5.32 Å². The molecule has 1 N–H and O–H groups in total. The lowest BCUT2D eigenvalue weighted by atomic mass is 10.2. The smallest absolute Gasteiger partial charge is 0.237 e. The Morgan fingerprint density at radius 2 is 2.00 bits per heavy atom. The third-order valence-electron chi connectivity index (χ3n) is 3.85. The van der Waals surface area contributed by atoms with Crippen LogP contribution < -0.4 is 5.32 Å². The number of anilines is 1. The molecule has 0 saturated carbocycles. The first-order valence-corrected chi connectivity index (χ1v) is 8.99. The number of benzene rings is 2. The molecule has 0 aliphatic carbocycles. The van der Waals surface area contributed by atoms with E-state index < -0.39 is 5.25 Å². The number of thioether (sulfide) groups is 1. The fourth-order valence-electron chi connectivity index (χ4n) is 2.39. The first kappa shape index (κ1) is 18.6. The number of hydrogen-bond acceptors (Lipinski definition) is 5. The molecule has 0 bridgehead atoms. The number of rotatable bonds is 5. The Balaban J connectivity index is 1.70. The van der Waals surface area contributed by atoms with Gasteiger partial charge in [-0.2, -0.15) is 5.26 Å². The molecule has 0 spiro atoms. The predicted octanol–water partition coefficient (Wildman–Crippen LogP) is 3.61. The van der Waals surface area contributed by atoms with Gasteiger partial charge in [-0.1, -0.05) is 17.8 Å². The van der Waals surface area contributed by atoms with Gasteiger partial charge in [-0.25, -0.2) is 4.39 Å². The summed E-state index contributed by atoms with van der Waals surface area (Å²) in [7, 11) is 1.79. The van der Waals surface area contributed by atoms with Gasteiger partial charge in [0, 0.05) is 18.3 Å². The molecule has 0 aliphatic heterocycles. The molecule has 0 radical (unpaired) electrons. The van der Waals surface area contributed by atoms with Gasteiger partial charge in [0.15, 0.2) is 11.0 Å². The first-order valence-electron chi connectivity index (χ1n) is 8.11. The van der Waals surface area contributed by atoms with Gasteiger partial charge in [-0.05, 0) is 49.4 Å². The van der Waals surface area contributed by atoms with Crippen molar-refractivity contribution < 1.29 is 9.18 Å². The van der Waals surface area contributed by atoms with Crippen LogP contribution in [0.15, 0.2) is 53.7 Å². The van der Waals surface area contributed by atoms with Crippen molar-refractivity contribution in [3.05, 3.63) is 59.9 Å². The van der Waals surface area contributed by atoms with Gasteiger partial charge in [-0.15, -0.1) is 10.2 Å². The third kappa shape index (κ3) is 4.33. The normalized spacial score (nSPS) is 11.6. The maximum Gasteiger partial charge on any atom is 0.237 e. The maximum atomic E-state index is 13.1. The van der Waals surface area contributed by atoms with E-state index >= 15 is 0 Å². The topological polar surface area (TPSA) is 83.6 Å². The zero-order valence-electron chi connectivity index (χ0n) is 14.7. The van der Waals surface area contributed by atoms with Crippen LogP contribution in [0.4, 0.5) is 10.1 Å². The van der Waals surface area contributed by atoms with Crippen LogP contribution in [-0.4, -0.2) is 25.9 Å². The maximum absolute atomic E-state index is 13.1. The number of amides is 1. The second kappa shape index (κ2) is 8.01. The molecule has 136 valence electrons. The number of hydrogen-bond donors (Lipinski definition) is 1. The summed E-state index contributed by atoms with van der Waals surface area (Å²) in [4.78, 5) is 12.4. The van der Waals surface area contributed by atoms with E-state index in [1.54, 1.807) is 54.9 Å². The van der Waals surface area contributed by atoms with Gasteiger partial charge < -0.3 is 9.88 Å². The van der Waals surface area contributed by atoms with Gasteiger partial charge in [0.1, 0.15) is 5.82 Å². The summed E-state index contributed by atoms with van der Waals surface area (Å²) in [6.07, 6.45) is 0. The van der Waals surface area contributed by atoms with Crippen LogP contribution >= 0.6 is 11.8 Å². The highest BCUT2D eigenvalue weighted by atomic mass is 32.2. The molecule has 0 saturated heterocycles. The third-order valence-corrected chi connectivity index (χ3v) is 4.98. The Morgan fingerprint density at radius 3 is 2.70 bits per heavy atom. The molecule has 1 aromatic heterocycles. The summed E-state index contributed by atoms with van der Waals surface area (Å²) >= 11 is 1.26. The Kier molecular flexibility index (Phi) is 5.52. The predicted molar refractivity (Wildman–Crippen MR) is 102 cm³/mol. The molecular weight excluding hydrogens is 365 g/mol.